The quantitative estimate of drug-likeness (QED) is 0.487. The number of halogens is 3. The van der Waals surface area contributed by atoms with E-state index in [0.29, 0.717) is 21.9 Å². The Kier molecular flexibility index (Phi) is 4.56. The zero-order valence-electron chi connectivity index (χ0n) is 14.2. The molecule has 0 saturated carbocycles. The van der Waals surface area contributed by atoms with Gasteiger partial charge in [-0.25, -0.2) is 4.98 Å². The van der Waals surface area contributed by atoms with Crippen LogP contribution in [0.15, 0.2) is 65.0 Å². The van der Waals surface area contributed by atoms with Gasteiger partial charge in [-0.05, 0) is 29.8 Å². The van der Waals surface area contributed by atoms with Gasteiger partial charge in [-0.1, -0.05) is 24.3 Å². The molecule has 0 radical (unpaired) electrons. The van der Waals surface area contributed by atoms with Gasteiger partial charge < -0.3 is 0 Å². The number of hydrogen-bond acceptors (Lipinski definition) is 4. The maximum Gasteiger partial charge on any atom is 0.416 e. The minimum Gasteiger partial charge on any atom is -0.269 e. The Morgan fingerprint density at radius 3 is 2.68 bits per heavy atom. The van der Waals surface area contributed by atoms with Crippen molar-refractivity contribution in [2.24, 2.45) is 0 Å². The van der Waals surface area contributed by atoms with E-state index >= 15 is 0 Å². The van der Waals surface area contributed by atoms with E-state index in [1.807, 2.05) is 6.07 Å². The molecular weight excluding hydrogens is 387 g/mol. The first-order valence-electron chi connectivity index (χ1n) is 8.19. The molecule has 0 fully saturated rings. The number of aromatic nitrogens is 3. The first-order valence-corrected chi connectivity index (χ1v) is 9.07. The minimum absolute atomic E-state index is 0.309. The molecule has 0 atom stereocenters. The number of rotatable bonds is 3. The normalized spacial score (nSPS) is 12.1. The van der Waals surface area contributed by atoms with Crippen molar-refractivity contribution >= 4 is 28.4 Å². The zero-order valence-corrected chi connectivity index (χ0v) is 15.0. The maximum absolute atomic E-state index is 13.0. The van der Waals surface area contributed by atoms with Crippen molar-refractivity contribution in [3.8, 4) is 11.3 Å². The van der Waals surface area contributed by atoms with E-state index < -0.39 is 11.7 Å². The third-order valence-corrected chi connectivity index (χ3v) is 4.87. The van der Waals surface area contributed by atoms with Gasteiger partial charge in [-0.2, -0.15) is 13.2 Å². The van der Waals surface area contributed by atoms with Crippen LogP contribution in [0.4, 0.5) is 13.2 Å². The summed E-state index contributed by atoms with van der Waals surface area (Å²) in [4.78, 5) is 21.4. The third kappa shape index (κ3) is 3.59. The fraction of sp³-hybridized carbons (Fsp3) is 0.0500. The molecule has 3 aromatic heterocycles. The summed E-state index contributed by atoms with van der Waals surface area (Å²) in [5.41, 5.74) is 0.896. The van der Waals surface area contributed by atoms with Gasteiger partial charge in [0.1, 0.15) is 0 Å². The van der Waals surface area contributed by atoms with Crippen molar-refractivity contribution in [2.45, 2.75) is 6.18 Å². The summed E-state index contributed by atoms with van der Waals surface area (Å²) in [5, 5.41) is 1.63. The van der Waals surface area contributed by atoms with Gasteiger partial charge in [0, 0.05) is 29.4 Å². The van der Waals surface area contributed by atoms with Crippen molar-refractivity contribution in [2.75, 3.05) is 0 Å². The lowest BCUT2D eigenvalue weighted by atomic mass is 10.1. The second-order valence-electron chi connectivity index (χ2n) is 5.96. The van der Waals surface area contributed by atoms with Crippen LogP contribution < -0.4 is 5.56 Å². The second-order valence-corrected chi connectivity index (χ2v) is 6.79. The van der Waals surface area contributed by atoms with Crippen LogP contribution in [-0.2, 0) is 6.18 Å². The highest BCUT2D eigenvalue weighted by Crippen LogP contribution is 2.33. The largest absolute Gasteiger partial charge is 0.416 e. The fourth-order valence-corrected chi connectivity index (χ4v) is 3.64. The Bertz CT molecular complexity index is 1230. The lowest BCUT2D eigenvalue weighted by Crippen LogP contribution is -2.14. The highest BCUT2D eigenvalue weighted by molar-refractivity contribution is 7.15. The van der Waals surface area contributed by atoms with Crippen LogP contribution in [-0.4, -0.2) is 14.4 Å². The van der Waals surface area contributed by atoms with Gasteiger partial charge >= 0.3 is 6.18 Å². The predicted molar refractivity (Wildman–Crippen MR) is 103 cm³/mol. The first kappa shape index (κ1) is 18.1. The zero-order chi connectivity index (χ0) is 19.7. The molecule has 140 valence electrons. The van der Waals surface area contributed by atoms with Crippen molar-refractivity contribution in [3.05, 3.63) is 87.4 Å². The molecule has 3 heterocycles. The molecule has 0 spiro atoms. The molecule has 0 unspecified atom stereocenters. The van der Waals surface area contributed by atoms with Crippen molar-refractivity contribution in [3.63, 3.8) is 0 Å². The molecule has 1 aromatic carbocycles. The summed E-state index contributed by atoms with van der Waals surface area (Å²) >= 11 is 1.20. The van der Waals surface area contributed by atoms with E-state index in [1.54, 1.807) is 42.1 Å². The summed E-state index contributed by atoms with van der Waals surface area (Å²) < 4.78 is 40.3. The Balaban J connectivity index is 1.76. The average molecular weight is 399 g/mol. The third-order valence-electron chi connectivity index (χ3n) is 4.04. The maximum atomic E-state index is 13.0. The van der Waals surface area contributed by atoms with Crippen LogP contribution in [0.25, 0.3) is 28.4 Å². The number of fused-ring (bicyclic) bond motifs is 1. The molecule has 0 N–H and O–H groups in total. The summed E-state index contributed by atoms with van der Waals surface area (Å²) in [7, 11) is 0. The van der Waals surface area contributed by atoms with Gasteiger partial charge in [0.2, 0.25) is 0 Å². The van der Waals surface area contributed by atoms with E-state index in [4.69, 9.17) is 0 Å². The lowest BCUT2D eigenvalue weighted by molar-refractivity contribution is -0.137. The van der Waals surface area contributed by atoms with E-state index in [2.05, 4.69) is 9.97 Å². The Morgan fingerprint density at radius 1 is 1.07 bits per heavy atom. The summed E-state index contributed by atoms with van der Waals surface area (Å²) in [6.45, 7) is 0. The van der Waals surface area contributed by atoms with Crippen LogP contribution in [0, 0.1) is 0 Å². The Hall–Kier alpha value is -3.26. The summed E-state index contributed by atoms with van der Waals surface area (Å²) in [6.07, 6.45) is 2.37. The SMILES string of the molecule is O=c1cc(C=Cc2cccnc2)nc2scc(-c3cccc(C(F)(F)F)c3)n12. The van der Waals surface area contributed by atoms with Crippen molar-refractivity contribution in [1.82, 2.24) is 14.4 Å². The van der Waals surface area contributed by atoms with Gasteiger partial charge in [-0.3, -0.25) is 14.2 Å². The van der Waals surface area contributed by atoms with Gasteiger partial charge in [0.15, 0.2) is 4.96 Å². The number of nitrogens with zero attached hydrogens (tertiary/aromatic N) is 3. The number of alkyl halides is 3. The Morgan fingerprint density at radius 2 is 1.93 bits per heavy atom. The van der Waals surface area contributed by atoms with Gasteiger partial charge in [0.05, 0.1) is 17.0 Å². The van der Waals surface area contributed by atoms with Crippen LogP contribution >= 0.6 is 11.3 Å². The van der Waals surface area contributed by atoms with E-state index in [9.17, 15) is 18.0 Å². The van der Waals surface area contributed by atoms with Crippen LogP contribution in [0.1, 0.15) is 16.8 Å². The molecule has 0 aliphatic heterocycles. The molecule has 4 rings (SSSR count). The molecule has 0 aliphatic rings. The molecule has 28 heavy (non-hydrogen) atoms. The predicted octanol–water partition coefficient (Wildman–Crippen LogP) is 5.01. The molecule has 0 saturated heterocycles. The van der Waals surface area contributed by atoms with E-state index in [-0.39, 0.29) is 5.56 Å². The molecule has 0 bridgehead atoms. The van der Waals surface area contributed by atoms with Crippen molar-refractivity contribution < 1.29 is 13.2 Å². The van der Waals surface area contributed by atoms with E-state index in [0.717, 1.165) is 17.7 Å². The van der Waals surface area contributed by atoms with Crippen molar-refractivity contribution in [1.29, 1.82) is 0 Å². The molecule has 8 heteroatoms. The monoisotopic (exact) mass is 399 g/mol. The molecular formula is C20H12F3N3OS. The highest BCUT2D eigenvalue weighted by atomic mass is 32.1. The van der Waals surface area contributed by atoms with Crippen LogP contribution in [0.3, 0.4) is 0 Å². The Labute approximate surface area is 161 Å². The lowest BCUT2D eigenvalue weighted by Gasteiger charge is -2.08. The number of hydrogen-bond donors (Lipinski definition) is 0. The standard InChI is InChI=1S/C20H12F3N3OS/c21-20(22,23)15-5-1-4-14(9-15)17-12-28-19-25-16(10-18(27)26(17)19)7-6-13-3-2-8-24-11-13/h1-12H. The molecule has 0 amide bonds. The summed E-state index contributed by atoms with van der Waals surface area (Å²) in [6, 6.07) is 9.91. The molecule has 0 aliphatic carbocycles. The number of thiazole rings is 1. The van der Waals surface area contributed by atoms with Gasteiger partial charge in [-0.15, -0.1) is 11.3 Å². The van der Waals surface area contributed by atoms with Gasteiger partial charge in [0.25, 0.3) is 5.56 Å². The number of benzene rings is 1. The first-order chi connectivity index (χ1) is 13.4. The smallest absolute Gasteiger partial charge is 0.269 e. The topological polar surface area (TPSA) is 47.3 Å². The average Bonchev–Trinajstić information content (AvgIpc) is 3.11. The van der Waals surface area contributed by atoms with Crippen LogP contribution in [0.2, 0.25) is 0 Å². The minimum atomic E-state index is -4.45. The van der Waals surface area contributed by atoms with Crippen LogP contribution in [0.5, 0.6) is 0 Å². The fourth-order valence-electron chi connectivity index (χ4n) is 2.73. The second kappa shape index (κ2) is 7.05. The molecule has 4 aromatic rings. The highest BCUT2D eigenvalue weighted by Gasteiger charge is 2.30. The van der Waals surface area contributed by atoms with E-state index in [1.165, 1.54) is 27.9 Å². The summed E-state index contributed by atoms with van der Waals surface area (Å²) in [5.74, 6) is 0. The number of pyridine rings is 1. The molecule has 4 nitrogen and oxygen atoms in total.